The van der Waals surface area contributed by atoms with Crippen molar-refractivity contribution in [1.82, 2.24) is 0 Å². The molecule has 0 saturated carbocycles. The van der Waals surface area contributed by atoms with Crippen molar-refractivity contribution in [3.05, 3.63) is 166 Å². The van der Waals surface area contributed by atoms with Crippen LogP contribution in [0.1, 0.15) is 105 Å². The number of benzene rings is 6. The lowest BCUT2D eigenvalue weighted by molar-refractivity contribution is -0.138. The summed E-state index contributed by atoms with van der Waals surface area (Å²) in [5.74, 6) is -1.30. The van der Waals surface area contributed by atoms with E-state index in [4.69, 9.17) is 18.9 Å². The van der Waals surface area contributed by atoms with Gasteiger partial charge in [0.1, 0.15) is 34.9 Å². The first-order valence-corrected chi connectivity index (χ1v) is 29.9. The number of allylic oxidation sites excluding steroid dienone is 3. The monoisotopic (exact) mass is 1320 g/mol. The van der Waals surface area contributed by atoms with Gasteiger partial charge in [0.2, 0.25) is 29.5 Å². The van der Waals surface area contributed by atoms with Crippen LogP contribution < -0.4 is 56.3 Å². The summed E-state index contributed by atoms with van der Waals surface area (Å²) in [7, 11) is 1.83. The molecule has 6 aliphatic rings. The maximum Gasteiger partial charge on any atom is 0.416 e. The van der Waals surface area contributed by atoms with Crippen molar-refractivity contribution in [2.45, 2.75) is 102 Å². The van der Waals surface area contributed by atoms with Crippen molar-refractivity contribution in [3.63, 3.8) is 0 Å². The second-order valence-electron chi connectivity index (χ2n) is 23.8. The number of carbonyl (C=O) groups is 6. The summed E-state index contributed by atoms with van der Waals surface area (Å²) in [6, 6.07) is 25.2. The predicted octanol–water partition coefficient (Wildman–Crippen LogP) is 15.1. The molecule has 6 aromatic rings. The van der Waals surface area contributed by atoms with Crippen LogP contribution in [-0.2, 0) is 53.8 Å². The molecule has 0 unspecified atom stereocenters. The Morgan fingerprint density at radius 3 is 1.32 bits per heavy atom. The van der Waals surface area contributed by atoms with Gasteiger partial charge in [-0.3, -0.25) is 29.3 Å². The largest absolute Gasteiger partial charge is 0.493 e. The Bertz CT molecular complexity index is 4160. The average Bonchev–Trinajstić information content (AvgIpc) is 1.40. The van der Waals surface area contributed by atoms with Crippen LogP contribution in [0.5, 0.6) is 17.2 Å². The minimum atomic E-state index is -4.48. The average molecular weight is 1320 g/mol. The predicted molar refractivity (Wildman–Crippen MR) is 339 cm³/mol. The van der Waals surface area contributed by atoms with E-state index in [1.807, 2.05) is 31.9 Å². The summed E-state index contributed by atoms with van der Waals surface area (Å²) in [6.45, 7) is 8.11. The zero-order chi connectivity index (χ0) is 68.4. The zero-order valence-corrected chi connectivity index (χ0v) is 51.6. The lowest BCUT2D eigenvalue weighted by Gasteiger charge is -2.41. The summed E-state index contributed by atoms with van der Waals surface area (Å²) in [6.07, 6.45) is -6.69. The third-order valence-electron chi connectivity index (χ3n) is 16.2. The van der Waals surface area contributed by atoms with E-state index in [0.717, 1.165) is 53.3 Å². The van der Waals surface area contributed by atoms with Gasteiger partial charge in [-0.1, -0.05) is 24.3 Å². The molecule has 6 amide bonds. The van der Waals surface area contributed by atoms with Gasteiger partial charge in [0.15, 0.2) is 0 Å². The highest BCUT2D eigenvalue weighted by Crippen LogP contribution is 2.43. The number of nitrogens with one attached hydrogen (secondary N) is 7. The second kappa shape index (κ2) is 26.9. The van der Waals surface area contributed by atoms with Crippen LogP contribution in [0, 0.1) is 0 Å². The molecule has 12 rings (SSSR count). The first-order chi connectivity index (χ1) is 44.8. The third-order valence-corrected chi connectivity index (χ3v) is 16.2. The number of hydrogen-bond acceptors (Lipinski definition) is 12. The van der Waals surface area contributed by atoms with Crippen molar-refractivity contribution in [2.24, 2.45) is 0 Å². The Balaban J connectivity index is 0.000000155. The molecule has 6 heterocycles. The molecule has 6 aromatic carbocycles. The van der Waals surface area contributed by atoms with E-state index >= 15 is 0 Å². The molecule has 6 aliphatic heterocycles. The number of hydrogen-bond donors (Lipinski definition) is 7. The van der Waals surface area contributed by atoms with Gasteiger partial charge < -0.3 is 55.7 Å². The van der Waals surface area contributed by atoms with Crippen molar-refractivity contribution < 1.29 is 87.2 Å². The number of likely N-dealkylation sites (N-methyl/N-ethyl adjacent to an activating group) is 1. The number of nitrogens with zero attached hydrogens (tertiary/aromatic N) is 1. The van der Waals surface area contributed by atoms with Gasteiger partial charge >= 0.3 is 24.6 Å². The number of ether oxygens (including phenoxy) is 4. The first-order valence-electron chi connectivity index (χ1n) is 29.9. The standard InChI is InChI=1S/C24H24F3N3O3.C23H22F3N3O3.C21H17F3N2O4/c1-23(2)22(32)29-18-13-16(7-9-19(18)30(23)3)28-21(31)11-14-5-4-10-33-20-12-15(24(25,26)27)6-8-17(14)20;1-22(2)21(31)28-18-12-15(6-8-17(18)29-22)27-20(30)10-13-4-3-9-32-19-11-14(23(24,25)26)5-7-16(13)19;22-21(23,24)14-4-6-16-12(2-1-7-29-18(16)9-14)8-19(27)25-15-5-3-13-11-30-20(28)26-17(13)10-15/h6-9,11-13H,4-5,10H2,1-3H3,(H,28,31)(H,29,32);5-8,10-12,29H,3-4,9H2,1-2H3,(H,27,30)(H,28,31);3-6,8-10H,1-2,7,11H2,(H,25,27)(H,26,28)/b14-11+;13-10+;12-8+. The number of amides is 6. The van der Waals surface area contributed by atoms with Gasteiger partial charge in [0.25, 0.3) is 0 Å². The molecule has 0 atom stereocenters. The van der Waals surface area contributed by atoms with Crippen LogP contribution in [0.25, 0.3) is 16.7 Å². The van der Waals surface area contributed by atoms with E-state index in [2.05, 4.69) is 37.2 Å². The van der Waals surface area contributed by atoms with Gasteiger partial charge in [0.05, 0.1) is 64.9 Å². The van der Waals surface area contributed by atoms with Gasteiger partial charge in [-0.25, -0.2) is 4.79 Å². The smallest absolute Gasteiger partial charge is 0.416 e. The fourth-order valence-electron chi connectivity index (χ4n) is 10.9. The van der Waals surface area contributed by atoms with E-state index in [1.165, 1.54) is 36.4 Å². The van der Waals surface area contributed by atoms with Gasteiger partial charge in [0, 0.05) is 64.6 Å². The Morgan fingerprint density at radius 2 is 0.874 bits per heavy atom. The molecule has 7 N–H and O–H groups in total. The summed E-state index contributed by atoms with van der Waals surface area (Å²) >= 11 is 0. The van der Waals surface area contributed by atoms with E-state index in [-0.39, 0.29) is 55.5 Å². The quantitative estimate of drug-likeness (QED) is 0.0611. The van der Waals surface area contributed by atoms with E-state index in [9.17, 15) is 68.3 Å². The molecule has 27 heteroatoms. The van der Waals surface area contributed by atoms with E-state index in [0.29, 0.717) is 106 Å². The molecule has 0 bridgehead atoms. The van der Waals surface area contributed by atoms with Crippen molar-refractivity contribution in [2.75, 3.05) is 69.0 Å². The van der Waals surface area contributed by atoms with Crippen LogP contribution in [0.15, 0.2) is 127 Å². The van der Waals surface area contributed by atoms with Crippen molar-refractivity contribution in [3.8, 4) is 17.2 Å². The fraction of sp³-hybridized carbons (Fsp3) is 0.294. The van der Waals surface area contributed by atoms with Crippen LogP contribution >= 0.6 is 0 Å². The SMILES string of the molecule is CC1(C)Nc2ccc(NC(=O)/C=C3\CCCOc4cc(C(F)(F)F)ccc43)cc2NC1=O.CN1c2ccc(NC(=O)/C=C3\CCCOc4cc(C(F)(F)F)ccc43)cc2NC(=O)C1(C)C.O=C(/C=C1\CCCOc2cc(C(F)(F)F)ccc21)Nc1ccc2c(c1)NC(=O)OC2. The number of halogens is 9. The minimum absolute atomic E-state index is 0.109. The van der Waals surface area contributed by atoms with Crippen LogP contribution in [0.3, 0.4) is 0 Å². The number of anilines is 8. The molecule has 0 aliphatic carbocycles. The Labute approximate surface area is 538 Å². The van der Waals surface area contributed by atoms with Crippen molar-refractivity contribution in [1.29, 1.82) is 0 Å². The zero-order valence-electron chi connectivity index (χ0n) is 51.6. The minimum Gasteiger partial charge on any atom is -0.493 e. The molecule has 0 spiro atoms. The van der Waals surface area contributed by atoms with E-state index < -0.39 is 70.1 Å². The maximum absolute atomic E-state index is 13.1. The highest BCUT2D eigenvalue weighted by molar-refractivity contribution is 6.10. The highest BCUT2D eigenvalue weighted by Gasteiger charge is 2.39. The van der Waals surface area contributed by atoms with Crippen LogP contribution in [0.4, 0.5) is 89.8 Å². The summed E-state index contributed by atoms with van der Waals surface area (Å²) in [4.78, 5) is 75.7. The maximum atomic E-state index is 13.1. The van der Waals surface area contributed by atoms with E-state index in [1.54, 1.807) is 62.4 Å². The third kappa shape index (κ3) is 16.0. The molecule has 0 saturated heterocycles. The highest BCUT2D eigenvalue weighted by atomic mass is 19.4. The molecule has 0 radical (unpaired) electrons. The normalized spacial score (nSPS) is 18.0. The van der Waals surface area contributed by atoms with Crippen LogP contribution in [0.2, 0.25) is 0 Å². The van der Waals surface area contributed by atoms with Gasteiger partial charge in [-0.05, 0) is 168 Å². The molecule has 0 fully saturated rings. The van der Waals surface area contributed by atoms with Gasteiger partial charge in [-0.2, -0.15) is 39.5 Å². The molecular weight excluding hydrogens is 1260 g/mol. The number of fused-ring (bicyclic) bond motifs is 6. The molecule has 498 valence electrons. The summed E-state index contributed by atoms with van der Waals surface area (Å²) in [5, 5.41) is 19.6. The summed E-state index contributed by atoms with van der Waals surface area (Å²) < 4.78 is 139. The lowest BCUT2D eigenvalue weighted by atomic mass is 9.97. The topological polar surface area (TPSA) is 227 Å². The Kier molecular flexibility index (Phi) is 19.1. The van der Waals surface area contributed by atoms with Crippen LogP contribution in [-0.4, -0.2) is 73.6 Å². The molecular formula is C68H63F9N8O10. The Hall–Kier alpha value is -10.5. The summed E-state index contributed by atoms with van der Waals surface area (Å²) in [5.41, 5.74) is 4.79. The Morgan fingerprint density at radius 1 is 0.474 bits per heavy atom. The first kappa shape index (κ1) is 67.4. The van der Waals surface area contributed by atoms with Gasteiger partial charge in [-0.15, -0.1) is 0 Å². The molecule has 95 heavy (non-hydrogen) atoms. The number of rotatable bonds is 6. The number of alkyl halides is 9. The van der Waals surface area contributed by atoms with Crippen molar-refractivity contribution >= 4 is 97.8 Å². The molecule has 18 nitrogen and oxygen atoms in total. The molecule has 0 aromatic heterocycles. The lowest BCUT2D eigenvalue weighted by Crippen LogP contribution is -2.54. The number of carbonyl (C=O) groups excluding carboxylic acids is 6. The second-order valence-corrected chi connectivity index (χ2v) is 23.8. The number of cyclic esters (lactones) is 1. The fourth-order valence-corrected chi connectivity index (χ4v) is 10.9.